The molecule has 0 aliphatic carbocycles. The van der Waals surface area contributed by atoms with E-state index >= 15 is 0 Å². The number of hydrogen-bond donors (Lipinski definition) is 1. The number of hydrogen-bond acceptors (Lipinski definition) is 3. The van der Waals surface area contributed by atoms with Crippen LogP contribution in [0, 0.1) is 0 Å². The molecule has 20 heavy (non-hydrogen) atoms. The molecule has 1 saturated heterocycles. The maximum atomic E-state index is 12.4. The number of nitrogens with two attached hydrogens (primary N) is 1. The van der Waals surface area contributed by atoms with Crippen molar-refractivity contribution in [2.24, 2.45) is 5.73 Å². The minimum absolute atomic E-state index is 0. The van der Waals surface area contributed by atoms with E-state index in [1.807, 2.05) is 18.2 Å². The minimum atomic E-state index is -0.0672. The second-order valence-corrected chi connectivity index (χ2v) is 5.86. The average molecular weight is 360 g/mol. The summed E-state index contributed by atoms with van der Waals surface area (Å²) in [5.74, 6) is 0.324. The Morgan fingerprint density at radius 3 is 2.95 bits per heavy atom. The van der Waals surface area contributed by atoms with Crippen LogP contribution in [-0.2, 0) is 0 Å². The van der Waals surface area contributed by atoms with E-state index in [2.05, 4.69) is 15.9 Å². The van der Waals surface area contributed by atoms with Gasteiger partial charge in [-0.1, -0.05) is 15.9 Å². The molecule has 0 bridgehead atoms. The Morgan fingerprint density at radius 1 is 1.40 bits per heavy atom. The highest BCUT2D eigenvalue weighted by molar-refractivity contribution is 9.10. The maximum Gasteiger partial charge on any atom is 0.289 e. The van der Waals surface area contributed by atoms with Crippen LogP contribution in [0.15, 0.2) is 33.2 Å². The summed E-state index contributed by atoms with van der Waals surface area (Å²) in [4.78, 5) is 14.1. The lowest BCUT2D eigenvalue weighted by Gasteiger charge is -2.29. The smallest absolute Gasteiger partial charge is 0.289 e. The van der Waals surface area contributed by atoms with Crippen LogP contribution < -0.4 is 5.73 Å². The van der Waals surface area contributed by atoms with E-state index in [-0.39, 0.29) is 24.4 Å². The number of carbonyl (C=O) groups is 1. The molecule has 3 rings (SSSR count). The largest absolute Gasteiger partial charge is 0.451 e. The Bertz CT molecular complexity index is 629. The Balaban J connectivity index is 0.00000147. The van der Waals surface area contributed by atoms with Gasteiger partial charge >= 0.3 is 0 Å². The average Bonchev–Trinajstić information content (AvgIpc) is 2.80. The van der Waals surface area contributed by atoms with Crippen molar-refractivity contribution < 1.29 is 9.21 Å². The van der Waals surface area contributed by atoms with Crippen molar-refractivity contribution in [3.05, 3.63) is 34.5 Å². The molecule has 1 fully saturated rings. The van der Waals surface area contributed by atoms with Crippen molar-refractivity contribution in [1.82, 2.24) is 4.90 Å². The summed E-state index contributed by atoms with van der Waals surface area (Å²) in [6, 6.07) is 7.58. The van der Waals surface area contributed by atoms with Crippen molar-refractivity contribution in [3.8, 4) is 0 Å². The summed E-state index contributed by atoms with van der Waals surface area (Å²) in [6.45, 7) is 1.37. The highest BCUT2D eigenvalue weighted by Gasteiger charge is 2.24. The van der Waals surface area contributed by atoms with Crippen LogP contribution in [0.25, 0.3) is 11.0 Å². The molecule has 2 N–H and O–H groups in total. The Morgan fingerprint density at radius 2 is 2.20 bits per heavy atom. The van der Waals surface area contributed by atoms with Crippen LogP contribution in [0.1, 0.15) is 23.4 Å². The monoisotopic (exact) mass is 358 g/mol. The summed E-state index contributed by atoms with van der Waals surface area (Å²) in [7, 11) is 0. The second kappa shape index (κ2) is 6.16. The van der Waals surface area contributed by atoms with Crippen molar-refractivity contribution >= 4 is 45.2 Å². The van der Waals surface area contributed by atoms with Crippen LogP contribution in [0.3, 0.4) is 0 Å². The van der Waals surface area contributed by atoms with Crippen molar-refractivity contribution in [1.29, 1.82) is 0 Å². The van der Waals surface area contributed by atoms with Gasteiger partial charge in [0.05, 0.1) is 0 Å². The van der Waals surface area contributed by atoms with E-state index in [4.69, 9.17) is 10.2 Å². The van der Waals surface area contributed by atoms with Gasteiger partial charge in [0.25, 0.3) is 5.91 Å². The molecule has 2 heterocycles. The number of halogens is 2. The Hall–Kier alpha value is -1.04. The summed E-state index contributed by atoms with van der Waals surface area (Å²) in [5, 5.41) is 0.930. The number of rotatable bonds is 1. The number of nitrogens with zero attached hydrogens (tertiary/aromatic N) is 1. The third kappa shape index (κ3) is 3.00. The van der Waals surface area contributed by atoms with E-state index in [1.54, 1.807) is 11.0 Å². The molecule has 2 aromatic rings. The number of carbonyl (C=O) groups excluding carboxylic acids is 1. The minimum Gasteiger partial charge on any atom is -0.451 e. The first-order valence-corrected chi connectivity index (χ1v) is 7.17. The van der Waals surface area contributed by atoms with E-state index < -0.39 is 0 Å². The van der Waals surface area contributed by atoms with E-state index in [0.717, 1.165) is 34.8 Å². The Labute approximate surface area is 131 Å². The number of fused-ring (bicyclic) bond motifs is 1. The van der Waals surface area contributed by atoms with E-state index in [9.17, 15) is 4.79 Å². The van der Waals surface area contributed by atoms with Crippen LogP contribution in [-0.4, -0.2) is 29.9 Å². The van der Waals surface area contributed by atoms with Crippen molar-refractivity contribution in [2.45, 2.75) is 18.9 Å². The normalized spacial score (nSPS) is 18.9. The highest BCUT2D eigenvalue weighted by Crippen LogP contribution is 2.24. The lowest BCUT2D eigenvalue weighted by molar-refractivity contribution is 0.0679. The van der Waals surface area contributed by atoms with Gasteiger partial charge in [-0.25, -0.2) is 0 Å². The zero-order valence-corrected chi connectivity index (χ0v) is 13.2. The van der Waals surface area contributed by atoms with Gasteiger partial charge in [0.1, 0.15) is 5.58 Å². The number of furan rings is 1. The van der Waals surface area contributed by atoms with E-state index in [1.165, 1.54) is 0 Å². The predicted molar refractivity (Wildman–Crippen MR) is 84.3 cm³/mol. The van der Waals surface area contributed by atoms with Crippen molar-refractivity contribution in [3.63, 3.8) is 0 Å². The topological polar surface area (TPSA) is 59.5 Å². The Kier molecular flexibility index (Phi) is 4.73. The predicted octanol–water partition coefficient (Wildman–Crippen LogP) is 3.18. The fraction of sp³-hybridized carbons (Fsp3) is 0.357. The first-order valence-electron chi connectivity index (χ1n) is 6.37. The first-order chi connectivity index (χ1) is 9.13. The SMILES string of the molecule is Cl.NC1CCCN(C(=O)c2cc3cc(Br)ccc3o2)C1. The van der Waals surface area contributed by atoms with Gasteiger partial charge in [-0.2, -0.15) is 0 Å². The molecule has 0 spiro atoms. The van der Waals surface area contributed by atoms with Gasteiger partial charge in [0.2, 0.25) is 0 Å². The van der Waals surface area contributed by atoms with Gasteiger partial charge in [-0.3, -0.25) is 4.79 Å². The molecule has 108 valence electrons. The summed E-state index contributed by atoms with van der Waals surface area (Å²) in [5.41, 5.74) is 6.63. The summed E-state index contributed by atoms with van der Waals surface area (Å²) in [6.07, 6.45) is 1.94. The third-order valence-electron chi connectivity index (χ3n) is 3.43. The molecule has 6 heteroatoms. The number of piperidine rings is 1. The molecule has 1 amide bonds. The van der Waals surface area contributed by atoms with Gasteiger partial charge in [-0.15, -0.1) is 12.4 Å². The molecular weight excluding hydrogens is 344 g/mol. The standard InChI is InChI=1S/C14H15BrN2O2.ClH/c15-10-3-4-12-9(6-10)7-13(19-12)14(18)17-5-1-2-11(16)8-17;/h3-4,6-7,11H,1-2,5,8,16H2;1H. The molecule has 1 unspecified atom stereocenters. The summed E-state index contributed by atoms with van der Waals surface area (Å²) < 4.78 is 6.59. The van der Waals surface area contributed by atoms with Crippen LogP contribution in [0.2, 0.25) is 0 Å². The molecule has 1 aromatic carbocycles. The quantitative estimate of drug-likeness (QED) is 0.850. The van der Waals surface area contributed by atoms with Gasteiger partial charge in [-0.05, 0) is 37.1 Å². The molecule has 4 nitrogen and oxygen atoms in total. The van der Waals surface area contributed by atoms with E-state index in [0.29, 0.717) is 12.3 Å². The van der Waals surface area contributed by atoms with Crippen LogP contribution >= 0.6 is 28.3 Å². The summed E-state index contributed by atoms with van der Waals surface area (Å²) >= 11 is 3.41. The molecule has 1 atom stereocenters. The first kappa shape index (κ1) is 15.4. The zero-order valence-electron chi connectivity index (χ0n) is 10.8. The van der Waals surface area contributed by atoms with Crippen LogP contribution in [0.4, 0.5) is 0 Å². The van der Waals surface area contributed by atoms with Gasteiger partial charge in [0, 0.05) is 29.0 Å². The fourth-order valence-electron chi connectivity index (χ4n) is 2.47. The van der Waals surface area contributed by atoms with Crippen molar-refractivity contribution in [2.75, 3.05) is 13.1 Å². The maximum absolute atomic E-state index is 12.4. The molecule has 1 aliphatic rings. The second-order valence-electron chi connectivity index (χ2n) is 4.95. The lowest BCUT2D eigenvalue weighted by atomic mass is 10.1. The highest BCUT2D eigenvalue weighted by atomic mass is 79.9. The number of amides is 1. The molecule has 0 saturated carbocycles. The third-order valence-corrected chi connectivity index (χ3v) is 3.93. The number of likely N-dealkylation sites (tertiary alicyclic amines) is 1. The van der Waals surface area contributed by atoms with Gasteiger partial charge in [0.15, 0.2) is 5.76 Å². The van der Waals surface area contributed by atoms with Crippen LogP contribution in [0.5, 0.6) is 0 Å². The zero-order chi connectivity index (χ0) is 13.4. The van der Waals surface area contributed by atoms with Gasteiger partial charge < -0.3 is 15.1 Å². The molecule has 1 aromatic heterocycles. The fourth-order valence-corrected chi connectivity index (χ4v) is 2.85. The lowest BCUT2D eigenvalue weighted by Crippen LogP contribution is -2.45. The number of benzene rings is 1. The molecule has 1 aliphatic heterocycles. The molecule has 0 radical (unpaired) electrons. The molecular formula is C14H16BrClN2O2.